The second-order valence-electron chi connectivity index (χ2n) is 4.71. The first kappa shape index (κ1) is 15.2. The number of aryl methyl sites for hydroxylation is 1. The molecule has 0 aliphatic rings. The second-order valence-corrected chi connectivity index (χ2v) is 7.40. The van der Waals surface area contributed by atoms with Crippen LogP contribution in [0.5, 0.6) is 0 Å². The highest BCUT2D eigenvalue weighted by molar-refractivity contribution is 8.00. The van der Waals surface area contributed by atoms with E-state index in [9.17, 15) is 4.79 Å². The standard InChI is InChI=1S/C15H13N3OS3/c1-8-11(9-5-3-2-4-6-9)12-13(19)17-15(18-14(12)22-8)21-7-10(16)20/h2-6H,7H2,1H3,(H2,16,20)(H,17,18,19). The van der Waals surface area contributed by atoms with Crippen molar-refractivity contribution >= 4 is 50.5 Å². The monoisotopic (exact) mass is 347 g/mol. The molecule has 0 unspecified atom stereocenters. The number of fused-ring (bicyclic) bond motifs is 1. The number of benzene rings is 1. The lowest BCUT2D eigenvalue weighted by molar-refractivity contribution is 0.983. The number of hydrogen-bond donors (Lipinski definition) is 2. The van der Waals surface area contributed by atoms with E-state index < -0.39 is 0 Å². The molecule has 1 aromatic carbocycles. The van der Waals surface area contributed by atoms with E-state index in [1.807, 2.05) is 37.3 Å². The van der Waals surface area contributed by atoms with E-state index in [2.05, 4.69) is 9.97 Å². The quantitative estimate of drug-likeness (QED) is 0.430. The molecule has 0 atom stereocenters. The van der Waals surface area contributed by atoms with E-state index in [-0.39, 0.29) is 5.56 Å². The highest BCUT2D eigenvalue weighted by atomic mass is 32.2. The van der Waals surface area contributed by atoms with Gasteiger partial charge in [-0.05, 0) is 12.5 Å². The Morgan fingerprint density at radius 1 is 1.41 bits per heavy atom. The molecule has 7 heteroatoms. The van der Waals surface area contributed by atoms with Gasteiger partial charge in [0.15, 0.2) is 5.16 Å². The van der Waals surface area contributed by atoms with Crippen molar-refractivity contribution in [2.24, 2.45) is 5.73 Å². The van der Waals surface area contributed by atoms with Crippen LogP contribution in [0.3, 0.4) is 0 Å². The van der Waals surface area contributed by atoms with Gasteiger partial charge >= 0.3 is 0 Å². The summed E-state index contributed by atoms with van der Waals surface area (Å²) in [5.74, 6) is 0.458. The second kappa shape index (κ2) is 6.20. The lowest BCUT2D eigenvalue weighted by atomic mass is 10.0. The third-order valence-electron chi connectivity index (χ3n) is 3.13. The van der Waals surface area contributed by atoms with Crippen molar-refractivity contribution in [3.05, 3.63) is 45.6 Å². The van der Waals surface area contributed by atoms with E-state index in [0.717, 1.165) is 20.8 Å². The van der Waals surface area contributed by atoms with E-state index in [4.69, 9.17) is 18.0 Å². The average molecular weight is 347 g/mol. The van der Waals surface area contributed by atoms with E-state index in [1.54, 1.807) is 0 Å². The summed E-state index contributed by atoms with van der Waals surface area (Å²) >= 11 is 7.72. The Morgan fingerprint density at radius 3 is 2.82 bits per heavy atom. The summed E-state index contributed by atoms with van der Waals surface area (Å²) in [5.41, 5.74) is 7.35. The van der Waals surface area contributed by atoms with Crippen molar-refractivity contribution in [2.75, 3.05) is 5.75 Å². The number of nitrogens with two attached hydrogens (primary N) is 1. The first-order valence-corrected chi connectivity index (χ1v) is 8.77. The van der Waals surface area contributed by atoms with Gasteiger partial charge in [0.1, 0.15) is 4.83 Å². The first-order valence-electron chi connectivity index (χ1n) is 6.56. The van der Waals surface area contributed by atoms with Crippen molar-refractivity contribution in [1.82, 2.24) is 9.97 Å². The number of hydrogen-bond acceptors (Lipinski definition) is 5. The Labute approximate surface area is 140 Å². The smallest absolute Gasteiger partial charge is 0.260 e. The van der Waals surface area contributed by atoms with Crippen molar-refractivity contribution in [3.63, 3.8) is 0 Å². The maximum atomic E-state index is 12.5. The zero-order valence-electron chi connectivity index (χ0n) is 11.8. The fourth-order valence-corrected chi connectivity index (χ4v) is 4.14. The minimum absolute atomic E-state index is 0.126. The molecule has 3 aromatic rings. The normalized spacial score (nSPS) is 11.0. The Hall–Kier alpha value is -1.70. The highest BCUT2D eigenvalue weighted by Crippen LogP contribution is 2.35. The zero-order chi connectivity index (χ0) is 15.7. The van der Waals surface area contributed by atoms with E-state index in [0.29, 0.717) is 21.3 Å². The van der Waals surface area contributed by atoms with Crippen molar-refractivity contribution in [2.45, 2.75) is 12.1 Å². The van der Waals surface area contributed by atoms with Gasteiger partial charge < -0.3 is 10.7 Å². The summed E-state index contributed by atoms with van der Waals surface area (Å²) in [6, 6.07) is 9.89. The molecule has 0 fully saturated rings. The number of aromatic nitrogens is 2. The maximum absolute atomic E-state index is 12.5. The van der Waals surface area contributed by atoms with Crippen LogP contribution in [0.15, 0.2) is 40.3 Å². The maximum Gasteiger partial charge on any atom is 0.260 e. The molecule has 0 aliphatic heterocycles. The number of rotatable bonds is 4. The minimum atomic E-state index is -0.126. The van der Waals surface area contributed by atoms with Gasteiger partial charge in [-0.15, -0.1) is 11.3 Å². The molecular weight excluding hydrogens is 334 g/mol. The molecule has 0 saturated carbocycles. The van der Waals surface area contributed by atoms with Gasteiger partial charge in [0, 0.05) is 10.4 Å². The van der Waals surface area contributed by atoms with E-state index >= 15 is 0 Å². The summed E-state index contributed by atoms with van der Waals surface area (Å²) in [4.78, 5) is 22.0. The predicted molar refractivity (Wildman–Crippen MR) is 97.9 cm³/mol. The largest absolute Gasteiger partial charge is 0.393 e. The number of thioether (sulfide) groups is 1. The Morgan fingerprint density at radius 2 is 2.14 bits per heavy atom. The molecule has 0 bridgehead atoms. The average Bonchev–Trinajstić information content (AvgIpc) is 2.82. The SMILES string of the molecule is Cc1sc2nc(SCC(N)=S)[nH]c(=O)c2c1-c1ccccc1. The highest BCUT2D eigenvalue weighted by Gasteiger charge is 2.16. The van der Waals surface area contributed by atoms with Crippen LogP contribution in [0, 0.1) is 6.92 Å². The molecule has 3 N–H and O–H groups in total. The van der Waals surface area contributed by atoms with Gasteiger partial charge in [-0.25, -0.2) is 4.98 Å². The van der Waals surface area contributed by atoms with Crippen molar-refractivity contribution in [1.29, 1.82) is 0 Å². The summed E-state index contributed by atoms with van der Waals surface area (Å²) in [7, 11) is 0. The number of thiocarbonyl (C=S) groups is 1. The lowest BCUT2D eigenvalue weighted by Gasteiger charge is -2.02. The topological polar surface area (TPSA) is 71.8 Å². The third-order valence-corrected chi connectivity index (χ3v) is 5.38. The van der Waals surface area contributed by atoms with Crippen LogP contribution in [0.1, 0.15) is 4.88 Å². The molecular formula is C15H13N3OS3. The Kier molecular flexibility index (Phi) is 4.28. The summed E-state index contributed by atoms with van der Waals surface area (Å²) < 4.78 is 0. The van der Waals surface area contributed by atoms with Crippen LogP contribution in [0.2, 0.25) is 0 Å². The molecule has 3 rings (SSSR count). The summed E-state index contributed by atoms with van der Waals surface area (Å²) in [5, 5.41) is 1.19. The van der Waals surface area contributed by atoms with Crippen LogP contribution in [-0.4, -0.2) is 20.7 Å². The molecule has 0 saturated heterocycles. The number of nitrogens with one attached hydrogen (secondary N) is 1. The van der Waals surface area contributed by atoms with Gasteiger partial charge in [-0.1, -0.05) is 54.3 Å². The third kappa shape index (κ3) is 2.92. The van der Waals surface area contributed by atoms with Gasteiger partial charge in [0.2, 0.25) is 0 Å². The van der Waals surface area contributed by atoms with Crippen LogP contribution >= 0.6 is 35.3 Å². The van der Waals surface area contributed by atoms with E-state index in [1.165, 1.54) is 23.1 Å². The fraction of sp³-hybridized carbons (Fsp3) is 0.133. The number of nitrogens with zero attached hydrogens (tertiary/aromatic N) is 1. The van der Waals surface area contributed by atoms with Crippen molar-refractivity contribution in [3.8, 4) is 11.1 Å². The predicted octanol–water partition coefficient (Wildman–Crippen LogP) is 3.34. The first-order chi connectivity index (χ1) is 10.6. The molecule has 0 spiro atoms. The molecule has 22 heavy (non-hydrogen) atoms. The fourth-order valence-electron chi connectivity index (χ4n) is 2.26. The molecule has 2 heterocycles. The van der Waals surface area contributed by atoms with Crippen LogP contribution in [0.4, 0.5) is 0 Å². The van der Waals surface area contributed by atoms with Crippen LogP contribution < -0.4 is 11.3 Å². The number of H-pyrrole nitrogens is 1. The lowest BCUT2D eigenvalue weighted by Crippen LogP contribution is -2.13. The van der Waals surface area contributed by atoms with Crippen molar-refractivity contribution < 1.29 is 0 Å². The molecule has 0 radical (unpaired) electrons. The number of thiophene rings is 1. The Balaban J connectivity index is 2.15. The van der Waals surface area contributed by atoms with Gasteiger partial charge in [0.05, 0.1) is 16.1 Å². The number of aromatic amines is 1. The van der Waals surface area contributed by atoms with Gasteiger partial charge in [-0.2, -0.15) is 0 Å². The van der Waals surface area contributed by atoms with Gasteiger partial charge in [-0.3, -0.25) is 4.79 Å². The molecule has 4 nitrogen and oxygen atoms in total. The summed E-state index contributed by atoms with van der Waals surface area (Å²) in [6.07, 6.45) is 0. The van der Waals surface area contributed by atoms with Gasteiger partial charge in [0.25, 0.3) is 5.56 Å². The molecule has 2 aromatic heterocycles. The molecule has 112 valence electrons. The van der Waals surface area contributed by atoms with Crippen LogP contribution in [-0.2, 0) is 0 Å². The molecule has 0 aliphatic carbocycles. The molecule has 0 amide bonds. The Bertz CT molecular complexity index is 900. The minimum Gasteiger partial charge on any atom is -0.393 e. The zero-order valence-corrected chi connectivity index (χ0v) is 14.2. The van der Waals surface area contributed by atoms with Crippen LogP contribution in [0.25, 0.3) is 21.3 Å². The summed E-state index contributed by atoms with van der Waals surface area (Å²) in [6.45, 7) is 2.01.